The number of thiophene rings is 1. The quantitative estimate of drug-likeness (QED) is 0.874. The van der Waals surface area contributed by atoms with E-state index in [-0.39, 0.29) is 5.91 Å². The number of nitrogen functional groups attached to an aromatic ring is 1. The van der Waals surface area contributed by atoms with E-state index in [4.69, 9.17) is 5.73 Å². The Morgan fingerprint density at radius 2 is 2.00 bits per heavy atom. The number of halogens is 1. The van der Waals surface area contributed by atoms with Crippen LogP contribution in [0.1, 0.15) is 16.6 Å². The molecule has 0 spiro atoms. The Labute approximate surface area is 118 Å². The Morgan fingerprint density at radius 1 is 1.33 bits per heavy atom. The van der Waals surface area contributed by atoms with Gasteiger partial charge in [-0.05, 0) is 58.6 Å². The van der Waals surface area contributed by atoms with Gasteiger partial charge in [-0.1, -0.05) is 0 Å². The third-order valence-electron chi connectivity index (χ3n) is 2.58. The highest BCUT2D eigenvalue weighted by Gasteiger charge is 2.19. The molecule has 5 heteroatoms. The van der Waals surface area contributed by atoms with Crippen molar-refractivity contribution < 1.29 is 4.79 Å². The van der Waals surface area contributed by atoms with Crippen LogP contribution in [0.15, 0.2) is 40.2 Å². The number of benzene rings is 1. The van der Waals surface area contributed by atoms with Crippen molar-refractivity contribution in [3.63, 3.8) is 0 Å². The smallest absolute Gasteiger partial charge is 0.269 e. The molecule has 0 aliphatic rings. The summed E-state index contributed by atoms with van der Waals surface area (Å²) in [6.07, 6.45) is 0. The van der Waals surface area contributed by atoms with Crippen molar-refractivity contribution in [2.75, 3.05) is 17.2 Å². The Bertz CT molecular complexity index is 550. The number of nitrogens with two attached hydrogens (primary N) is 1. The zero-order chi connectivity index (χ0) is 13.1. The standard InChI is InChI=1S/C13H13BrN2OS/c1-2-16(10-5-3-9(15)4-6-10)13(17)12-11(14)7-8-18-12/h3-8H,2,15H2,1H3. The van der Waals surface area contributed by atoms with E-state index in [0.717, 1.165) is 10.2 Å². The molecular weight excluding hydrogens is 312 g/mol. The molecule has 2 rings (SSSR count). The Morgan fingerprint density at radius 3 is 2.50 bits per heavy atom. The molecule has 0 aliphatic heterocycles. The third kappa shape index (κ3) is 2.57. The minimum absolute atomic E-state index is 0.00384. The molecule has 0 fully saturated rings. The molecule has 94 valence electrons. The summed E-state index contributed by atoms with van der Waals surface area (Å²) in [6, 6.07) is 9.20. The maximum absolute atomic E-state index is 12.4. The van der Waals surface area contributed by atoms with Crippen LogP contribution in [0.4, 0.5) is 11.4 Å². The van der Waals surface area contributed by atoms with Crippen LogP contribution in [-0.4, -0.2) is 12.5 Å². The van der Waals surface area contributed by atoms with E-state index in [1.54, 1.807) is 17.0 Å². The summed E-state index contributed by atoms with van der Waals surface area (Å²) >= 11 is 4.83. The molecule has 2 N–H and O–H groups in total. The van der Waals surface area contributed by atoms with Gasteiger partial charge in [-0.25, -0.2) is 0 Å². The average Bonchev–Trinajstić information content (AvgIpc) is 2.78. The van der Waals surface area contributed by atoms with Crippen molar-refractivity contribution in [3.05, 3.63) is 45.1 Å². The normalized spacial score (nSPS) is 10.3. The van der Waals surface area contributed by atoms with Gasteiger partial charge in [0.15, 0.2) is 0 Å². The zero-order valence-electron chi connectivity index (χ0n) is 9.89. The Balaban J connectivity index is 2.32. The summed E-state index contributed by atoms with van der Waals surface area (Å²) in [7, 11) is 0. The number of hydrogen-bond acceptors (Lipinski definition) is 3. The summed E-state index contributed by atoms with van der Waals surface area (Å²) in [5.41, 5.74) is 7.21. The van der Waals surface area contributed by atoms with E-state index in [1.807, 2.05) is 30.5 Å². The van der Waals surface area contributed by atoms with Crippen molar-refractivity contribution in [1.29, 1.82) is 0 Å². The van der Waals surface area contributed by atoms with Crippen LogP contribution in [0.3, 0.4) is 0 Å². The fourth-order valence-corrected chi connectivity index (χ4v) is 3.16. The summed E-state index contributed by atoms with van der Waals surface area (Å²) in [6.45, 7) is 2.57. The summed E-state index contributed by atoms with van der Waals surface area (Å²) in [4.78, 5) is 14.9. The molecule has 0 saturated heterocycles. The van der Waals surface area contributed by atoms with Crippen LogP contribution in [-0.2, 0) is 0 Å². The van der Waals surface area contributed by atoms with E-state index in [2.05, 4.69) is 15.9 Å². The van der Waals surface area contributed by atoms with Gasteiger partial charge < -0.3 is 10.6 Å². The van der Waals surface area contributed by atoms with Crippen molar-refractivity contribution in [2.24, 2.45) is 0 Å². The van der Waals surface area contributed by atoms with Gasteiger partial charge in [0.1, 0.15) is 4.88 Å². The van der Waals surface area contributed by atoms with E-state index in [1.165, 1.54) is 11.3 Å². The number of amides is 1. The van der Waals surface area contributed by atoms with Crippen molar-refractivity contribution in [3.8, 4) is 0 Å². The van der Waals surface area contributed by atoms with Crippen LogP contribution in [0.5, 0.6) is 0 Å². The summed E-state index contributed by atoms with van der Waals surface area (Å²) in [5, 5.41) is 1.90. The highest BCUT2D eigenvalue weighted by molar-refractivity contribution is 9.10. The van der Waals surface area contributed by atoms with Crippen molar-refractivity contribution in [1.82, 2.24) is 0 Å². The lowest BCUT2D eigenvalue weighted by Gasteiger charge is -2.20. The minimum Gasteiger partial charge on any atom is -0.399 e. The van der Waals surface area contributed by atoms with Gasteiger partial charge in [0.05, 0.1) is 0 Å². The predicted octanol–water partition coefficient (Wildman–Crippen LogP) is 3.76. The van der Waals surface area contributed by atoms with E-state index in [0.29, 0.717) is 17.1 Å². The molecule has 1 aromatic heterocycles. The second-order valence-electron chi connectivity index (χ2n) is 3.74. The number of carbonyl (C=O) groups is 1. The molecule has 0 saturated carbocycles. The maximum atomic E-state index is 12.4. The van der Waals surface area contributed by atoms with Crippen LogP contribution >= 0.6 is 27.3 Å². The molecule has 1 amide bonds. The fraction of sp³-hybridized carbons (Fsp3) is 0.154. The van der Waals surface area contributed by atoms with Crippen LogP contribution in [0.2, 0.25) is 0 Å². The molecule has 0 aliphatic carbocycles. The monoisotopic (exact) mass is 324 g/mol. The molecule has 3 nitrogen and oxygen atoms in total. The molecule has 18 heavy (non-hydrogen) atoms. The lowest BCUT2D eigenvalue weighted by Crippen LogP contribution is -2.30. The first-order valence-corrected chi connectivity index (χ1v) is 7.21. The molecule has 0 radical (unpaired) electrons. The summed E-state index contributed by atoms with van der Waals surface area (Å²) in [5.74, 6) is 0.00384. The first-order valence-electron chi connectivity index (χ1n) is 5.54. The third-order valence-corrected chi connectivity index (χ3v) is 4.40. The first-order chi connectivity index (χ1) is 8.63. The van der Waals surface area contributed by atoms with Gasteiger partial charge in [0, 0.05) is 22.4 Å². The number of nitrogens with zero attached hydrogens (tertiary/aromatic N) is 1. The lowest BCUT2D eigenvalue weighted by molar-refractivity contribution is 0.0991. The van der Waals surface area contributed by atoms with Gasteiger partial charge in [-0.2, -0.15) is 0 Å². The van der Waals surface area contributed by atoms with Crippen LogP contribution in [0, 0.1) is 0 Å². The fourth-order valence-electron chi connectivity index (χ4n) is 1.67. The SMILES string of the molecule is CCN(C(=O)c1sccc1Br)c1ccc(N)cc1. The molecule has 0 unspecified atom stereocenters. The summed E-state index contributed by atoms with van der Waals surface area (Å²) < 4.78 is 0.839. The van der Waals surface area contributed by atoms with Gasteiger partial charge in [-0.3, -0.25) is 4.79 Å². The second-order valence-corrected chi connectivity index (χ2v) is 5.51. The number of carbonyl (C=O) groups excluding carboxylic acids is 1. The topological polar surface area (TPSA) is 46.3 Å². The minimum atomic E-state index is 0.00384. The molecule has 0 bridgehead atoms. The first kappa shape index (κ1) is 13.1. The van der Waals surface area contributed by atoms with Gasteiger partial charge in [-0.15, -0.1) is 11.3 Å². The molecular formula is C13H13BrN2OS. The second kappa shape index (κ2) is 5.54. The number of anilines is 2. The Hall–Kier alpha value is -1.33. The van der Waals surface area contributed by atoms with E-state index < -0.39 is 0 Å². The van der Waals surface area contributed by atoms with Gasteiger partial charge in [0.2, 0.25) is 0 Å². The Kier molecular flexibility index (Phi) is 4.04. The highest BCUT2D eigenvalue weighted by atomic mass is 79.9. The number of hydrogen-bond donors (Lipinski definition) is 1. The lowest BCUT2D eigenvalue weighted by atomic mass is 10.2. The van der Waals surface area contributed by atoms with Crippen LogP contribution in [0.25, 0.3) is 0 Å². The predicted molar refractivity (Wildman–Crippen MR) is 80.2 cm³/mol. The van der Waals surface area contributed by atoms with Gasteiger partial charge in [0.25, 0.3) is 5.91 Å². The highest BCUT2D eigenvalue weighted by Crippen LogP contribution is 2.26. The molecule has 0 atom stereocenters. The van der Waals surface area contributed by atoms with Crippen LogP contribution < -0.4 is 10.6 Å². The molecule has 2 aromatic rings. The van der Waals surface area contributed by atoms with Crippen molar-refractivity contribution in [2.45, 2.75) is 6.92 Å². The number of rotatable bonds is 3. The maximum Gasteiger partial charge on any atom is 0.269 e. The van der Waals surface area contributed by atoms with E-state index in [9.17, 15) is 4.79 Å². The van der Waals surface area contributed by atoms with E-state index >= 15 is 0 Å². The molecule has 1 aromatic carbocycles. The average molecular weight is 325 g/mol. The molecule has 1 heterocycles. The zero-order valence-corrected chi connectivity index (χ0v) is 12.3. The van der Waals surface area contributed by atoms with Gasteiger partial charge >= 0.3 is 0 Å². The largest absolute Gasteiger partial charge is 0.399 e. The van der Waals surface area contributed by atoms with Crippen molar-refractivity contribution >= 4 is 44.5 Å².